The van der Waals surface area contributed by atoms with Crippen molar-refractivity contribution in [2.45, 2.75) is 12.6 Å². The van der Waals surface area contributed by atoms with Crippen molar-refractivity contribution < 1.29 is 23.8 Å². The highest BCUT2D eigenvalue weighted by Crippen LogP contribution is 2.41. The van der Waals surface area contributed by atoms with E-state index in [-0.39, 0.29) is 23.4 Å². The number of amides is 1. The number of ketones is 1. The van der Waals surface area contributed by atoms with Crippen LogP contribution in [0.25, 0.3) is 5.76 Å². The maximum absolute atomic E-state index is 14.7. The van der Waals surface area contributed by atoms with Gasteiger partial charge < -0.3 is 14.7 Å². The van der Waals surface area contributed by atoms with Gasteiger partial charge in [0, 0.05) is 16.0 Å². The summed E-state index contributed by atoms with van der Waals surface area (Å²) in [6.07, 6.45) is 0. The molecule has 1 unspecified atom stereocenters. The van der Waals surface area contributed by atoms with Crippen molar-refractivity contribution in [3.05, 3.63) is 93.4 Å². The van der Waals surface area contributed by atoms with E-state index >= 15 is 0 Å². The molecule has 3 aromatic rings. The lowest BCUT2D eigenvalue weighted by Gasteiger charge is -2.25. The second kappa shape index (κ2) is 8.12. The molecule has 0 aliphatic carbocycles. The Hall–Kier alpha value is -3.45. The molecule has 1 aliphatic heterocycles. The average molecular weight is 423 g/mol. The minimum absolute atomic E-state index is 0.133. The lowest BCUT2D eigenvalue weighted by Crippen LogP contribution is -2.29. The Morgan fingerprint density at radius 2 is 1.83 bits per heavy atom. The van der Waals surface area contributed by atoms with Crippen LogP contribution in [0.4, 0.5) is 4.39 Å². The monoisotopic (exact) mass is 423 g/mol. The molecular weight excluding hydrogens is 405 g/mol. The summed E-state index contributed by atoms with van der Waals surface area (Å²) in [7, 11) is 1.52. The van der Waals surface area contributed by atoms with Crippen molar-refractivity contribution in [1.29, 1.82) is 0 Å². The first-order valence-electron chi connectivity index (χ1n) is 9.21. The molecule has 30 heavy (non-hydrogen) atoms. The summed E-state index contributed by atoms with van der Waals surface area (Å²) in [5.41, 5.74) is 0.362. The van der Waals surface area contributed by atoms with Gasteiger partial charge in [-0.05, 0) is 41.8 Å². The standard InChI is InChI=1S/C23H18FNO4S/c1-29-15-10-8-14(9-11-15)21(26)19-20(17-6-2-3-7-18(17)24)25(23(28)22(19)27)13-16-5-4-12-30-16/h2-12,20,26H,13H2,1H3/b21-19-. The van der Waals surface area contributed by atoms with Gasteiger partial charge in [0.1, 0.15) is 17.3 Å². The van der Waals surface area contributed by atoms with Gasteiger partial charge in [0.25, 0.3) is 11.7 Å². The van der Waals surface area contributed by atoms with Crippen LogP contribution in [0.3, 0.4) is 0 Å². The quantitative estimate of drug-likeness (QED) is 0.372. The molecule has 1 N–H and O–H groups in total. The smallest absolute Gasteiger partial charge is 0.295 e. The maximum Gasteiger partial charge on any atom is 0.295 e. The lowest BCUT2D eigenvalue weighted by atomic mass is 9.95. The fourth-order valence-electron chi connectivity index (χ4n) is 3.54. The van der Waals surface area contributed by atoms with Gasteiger partial charge in [0.2, 0.25) is 0 Å². The summed E-state index contributed by atoms with van der Waals surface area (Å²) in [6.45, 7) is 0.140. The van der Waals surface area contributed by atoms with Gasteiger partial charge in [-0.25, -0.2) is 4.39 Å². The average Bonchev–Trinajstić information content (AvgIpc) is 3.36. The van der Waals surface area contributed by atoms with Crippen LogP contribution in [0.2, 0.25) is 0 Å². The van der Waals surface area contributed by atoms with E-state index in [9.17, 15) is 19.1 Å². The highest BCUT2D eigenvalue weighted by molar-refractivity contribution is 7.09. The molecule has 1 aliphatic rings. The number of ether oxygens (including phenoxy) is 1. The Morgan fingerprint density at radius 3 is 2.47 bits per heavy atom. The van der Waals surface area contributed by atoms with Crippen LogP contribution in [-0.2, 0) is 16.1 Å². The van der Waals surface area contributed by atoms with Crippen molar-refractivity contribution in [2.24, 2.45) is 0 Å². The number of hydrogen-bond donors (Lipinski definition) is 1. The molecule has 1 aromatic heterocycles. The van der Waals surface area contributed by atoms with Gasteiger partial charge in [-0.2, -0.15) is 0 Å². The van der Waals surface area contributed by atoms with E-state index in [1.165, 1.54) is 41.5 Å². The number of methoxy groups -OCH3 is 1. The molecule has 2 aromatic carbocycles. The lowest BCUT2D eigenvalue weighted by molar-refractivity contribution is -0.140. The van der Waals surface area contributed by atoms with Crippen LogP contribution in [0, 0.1) is 5.82 Å². The first kappa shape index (κ1) is 19.8. The number of Topliss-reactive ketones (excluding diaryl/α,β-unsaturated/α-hetero) is 1. The minimum Gasteiger partial charge on any atom is -0.507 e. The highest BCUT2D eigenvalue weighted by atomic mass is 32.1. The summed E-state index contributed by atoms with van der Waals surface area (Å²) < 4.78 is 19.8. The number of carbonyl (C=O) groups is 2. The third kappa shape index (κ3) is 3.48. The second-order valence-electron chi connectivity index (χ2n) is 6.76. The van der Waals surface area contributed by atoms with Gasteiger partial charge >= 0.3 is 0 Å². The molecule has 152 valence electrons. The van der Waals surface area contributed by atoms with Crippen molar-refractivity contribution in [3.63, 3.8) is 0 Å². The Kier molecular flexibility index (Phi) is 5.37. The molecule has 0 radical (unpaired) electrons. The summed E-state index contributed by atoms with van der Waals surface area (Å²) in [5.74, 6) is -1.94. The van der Waals surface area contributed by atoms with Gasteiger partial charge in [0.15, 0.2) is 0 Å². The number of aliphatic hydroxyl groups excluding tert-OH is 1. The molecule has 1 atom stereocenters. The molecule has 4 rings (SSSR count). The number of hydrogen-bond acceptors (Lipinski definition) is 5. The highest BCUT2D eigenvalue weighted by Gasteiger charge is 2.47. The summed E-state index contributed by atoms with van der Waals surface area (Å²) >= 11 is 1.43. The van der Waals surface area contributed by atoms with Crippen molar-refractivity contribution >= 4 is 28.8 Å². The number of rotatable bonds is 5. The van der Waals surface area contributed by atoms with Crippen LogP contribution >= 0.6 is 11.3 Å². The number of aliphatic hydroxyl groups is 1. The van der Waals surface area contributed by atoms with Crippen LogP contribution < -0.4 is 4.74 Å². The van der Waals surface area contributed by atoms with Gasteiger partial charge in [0.05, 0.1) is 25.3 Å². The van der Waals surface area contributed by atoms with Crippen LogP contribution in [0.1, 0.15) is 22.0 Å². The molecule has 1 saturated heterocycles. The first-order chi connectivity index (χ1) is 14.5. The fourth-order valence-corrected chi connectivity index (χ4v) is 4.24. The second-order valence-corrected chi connectivity index (χ2v) is 7.79. The van der Waals surface area contributed by atoms with Crippen LogP contribution in [0.5, 0.6) is 5.75 Å². The van der Waals surface area contributed by atoms with Gasteiger partial charge in [-0.15, -0.1) is 11.3 Å². The topological polar surface area (TPSA) is 66.8 Å². The van der Waals surface area contributed by atoms with E-state index in [1.807, 2.05) is 17.5 Å². The van der Waals surface area contributed by atoms with Crippen molar-refractivity contribution in [1.82, 2.24) is 4.90 Å². The van der Waals surface area contributed by atoms with Crippen LogP contribution in [-0.4, -0.2) is 28.8 Å². The molecule has 7 heteroatoms. The van der Waals surface area contributed by atoms with E-state index in [0.29, 0.717) is 11.3 Å². The van der Waals surface area contributed by atoms with Gasteiger partial charge in [-0.3, -0.25) is 9.59 Å². The summed E-state index contributed by atoms with van der Waals surface area (Å²) in [5, 5.41) is 12.8. The molecule has 2 heterocycles. The maximum atomic E-state index is 14.7. The predicted octanol–water partition coefficient (Wildman–Crippen LogP) is 4.52. The number of benzene rings is 2. The number of likely N-dealkylation sites (tertiary alicyclic amines) is 1. The SMILES string of the molecule is COc1ccc(/C(O)=C2/C(=O)C(=O)N(Cc3cccs3)C2c2ccccc2F)cc1. The number of thiophene rings is 1. The molecule has 0 bridgehead atoms. The fraction of sp³-hybridized carbons (Fsp3) is 0.130. The number of halogens is 1. The van der Waals surface area contributed by atoms with E-state index in [2.05, 4.69) is 0 Å². The third-order valence-electron chi connectivity index (χ3n) is 5.01. The third-order valence-corrected chi connectivity index (χ3v) is 5.87. The van der Waals surface area contributed by atoms with E-state index in [4.69, 9.17) is 4.74 Å². The molecule has 1 amide bonds. The molecular formula is C23H18FNO4S. The van der Waals surface area contributed by atoms with Crippen molar-refractivity contribution in [3.8, 4) is 5.75 Å². The molecule has 5 nitrogen and oxygen atoms in total. The molecule has 0 saturated carbocycles. The summed E-state index contributed by atoms with van der Waals surface area (Å²) in [6, 6.07) is 15.0. The molecule has 1 fully saturated rings. The Morgan fingerprint density at radius 1 is 1.10 bits per heavy atom. The Bertz CT molecular complexity index is 1120. The van der Waals surface area contributed by atoms with Crippen molar-refractivity contribution in [2.75, 3.05) is 7.11 Å². The molecule has 0 spiro atoms. The zero-order valence-electron chi connectivity index (χ0n) is 16.0. The first-order valence-corrected chi connectivity index (χ1v) is 10.1. The normalized spacial score (nSPS) is 18.1. The van der Waals surface area contributed by atoms with Gasteiger partial charge in [-0.1, -0.05) is 24.3 Å². The number of nitrogens with zero attached hydrogens (tertiary/aromatic N) is 1. The summed E-state index contributed by atoms with van der Waals surface area (Å²) in [4.78, 5) is 27.9. The minimum atomic E-state index is -1.03. The Labute approximate surface area is 176 Å². The largest absolute Gasteiger partial charge is 0.507 e. The van der Waals surface area contributed by atoms with E-state index < -0.39 is 23.5 Å². The predicted molar refractivity (Wildman–Crippen MR) is 112 cm³/mol. The van der Waals surface area contributed by atoms with E-state index in [0.717, 1.165) is 4.88 Å². The zero-order valence-corrected chi connectivity index (χ0v) is 16.9. The Balaban J connectivity index is 1.87. The van der Waals surface area contributed by atoms with Crippen LogP contribution in [0.15, 0.2) is 71.6 Å². The van der Waals surface area contributed by atoms with E-state index in [1.54, 1.807) is 30.3 Å². The zero-order chi connectivity index (χ0) is 21.3. The number of carbonyl (C=O) groups excluding carboxylic acids is 2.